The number of anilines is 2. The van der Waals surface area contributed by atoms with Gasteiger partial charge in [0.05, 0.1) is 17.4 Å². The molecule has 0 aliphatic carbocycles. The molecule has 0 fully saturated rings. The van der Waals surface area contributed by atoms with Crippen molar-refractivity contribution in [3.63, 3.8) is 0 Å². The van der Waals surface area contributed by atoms with Crippen molar-refractivity contribution in [2.45, 2.75) is 5.16 Å². The minimum absolute atomic E-state index is 0.0173. The fourth-order valence-electron chi connectivity index (χ4n) is 2.38. The van der Waals surface area contributed by atoms with Gasteiger partial charge in [0.1, 0.15) is 5.82 Å². The monoisotopic (exact) mass is 411 g/mol. The summed E-state index contributed by atoms with van der Waals surface area (Å²) in [5, 5.41) is 12.4. The summed E-state index contributed by atoms with van der Waals surface area (Å²) in [4.78, 5) is 28.0. The maximum absolute atomic E-state index is 12.2. The van der Waals surface area contributed by atoms with E-state index in [1.807, 2.05) is 6.07 Å². The van der Waals surface area contributed by atoms with Crippen LogP contribution in [0.1, 0.15) is 5.56 Å². The molecule has 0 aliphatic rings. The topological polar surface area (TPSA) is 114 Å². The van der Waals surface area contributed by atoms with Gasteiger partial charge in [-0.05, 0) is 48.5 Å². The Morgan fingerprint density at radius 2 is 1.89 bits per heavy atom. The number of hydrogen-bond donors (Lipinski definition) is 2. The van der Waals surface area contributed by atoms with Gasteiger partial charge < -0.3 is 11.1 Å². The molecule has 3 aromatic rings. The molecule has 140 valence electrons. The number of nitrogens with one attached hydrogen (secondary N) is 1. The number of nitrogens with two attached hydrogens (primary N) is 1. The van der Waals surface area contributed by atoms with E-state index in [9.17, 15) is 9.59 Å². The highest BCUT2D eigenvalue weighted by atomic mass is 35.5. The summed E-state index contributed by atoms with van der Waals surface area (Å²) >= 11 is 7.00. The van der Waals surface area contributed by atoms with E-state index in [0.717, 1.165) is 11.8 Å². The Hall–Kier alpha value is -3.28. The first kappa shape index (κ1) is 19.5. The molecule has 2 aromatic carbocycles. The largest absolute Gasteiger partial charge is 0.385 e. The quantitative estimate of drug-likeness (QED) is 0.492. The molecule has 28 heavy (non-hydrogen) atoms. The number of halogens is 1. The molecular weight excluding hydrogens is 398 g/mol. The molecule has 0 aliphatic heterocycles. The molecule has 0 spiro atoms. The van der Waals surface area contributed by atoms with Crippen LogP contribution in [0.2, 0.25) is 5.02 Å². The third-order valence-electron chi connectivity index (χ3n) is 3.64. The zero-order valence-corrected chi connectivity index (χ0v) is 16.0. The maximum atomic E-state index is 12.2. The minimum atomic E-state index is -0.488. The minimum Gasteiger partial charge on any atom is -0.385 e. The smallest absolute Gasteiger partial charge is 0.275 e. The van der Waals surface area contributed by atoms with Crippen LogP contribution >= 0.6 is 23.4 Å². The molecule has 9 heteroatoms. The fourth-order valence-corrected chi connectivity index (χ4v) is 3.33. The third kappa shape index (κ3) is 4.71. The molecule has 1 aromatic heterocycles. The highest BCUT2D eigenvalue weighted by Gasteiger charge is 2.13. The predicted molar refractivity (Wildman–Crippen MR) is 110 cm³/mol. The molecule has 0 atom stereocenters. The first-order valence-corrected chi connectivity index (χ1v) is 9.41. The first-order valence-electron chi connectivity index (χ1n) is 8.04. The van der Waals surface area contributed by atoms with Crippen molar-refractivity contribution in [2.24, 2.45) is 0 Å². The molecule has 1 amide bonds. The summed E-state index contributed by atoms with van der Waals surface area (Å²) in [6.07, 6.45) is 0. The van der Waals surface area contributed by atoms with Gasteiger partial charge in [0.2, 0.25) is 5.91 Å². The van der Waals surface area contributed by atoms with E-state index in [2.05, 4.69) is 10.3 Å². The van der Waals surface area contributed by atoms with Crippen LogP contribution < -0.4 is 16.6 Å². The predicted octanol–water partition coefficient (Wildman–Crippen LogP) is 3.07. The number of amides is 1. The molecule has 0 saturated carbocycles. The SMILES string of the molecule is N#Cc1ccc(NC(=O)CSc2nc(=O)cc(N)n2-c2ccc(Cl)cc2)cc1. The van der Waals surface area contributed by atoms with Crippen LogP contribution in [0.4, 0.5) is 11.5 Å². The number of carbonyl (C=O) groups excluding carboxylic acids is 1. The number of nitrogens with zero attached hydrogens (tertiary/aromatic N) is 3. The van der Waals surface area contributed by atoms with Gasteiger partial charge in [-0.1, -0.05) is 23.4 Å². The van der Waals surface area contributed by atoms with Crippen LogP contribution in [0.15, 0.2) is 64.5 Å². The third-order valence-corrected chi connectivity index (χ3v) is 4.83. The summed E-state index contributed by atoms with van der Waals surface area (Å²) in [5.74, 6) is -0.0601. The lowest BCUT2D eigenvalue weighted by molar-refractivity contribution is -0.113. The van der Waals surface area contributed by atoms with Gasteiger partial charge in [0, 0.05) is 22.5 Å². The number of benzene rings is 2. The summed E-state index contributed by atoms with van der Waals surface area (Å²) in [5.41, 5.74) is 7.25. The van der Waals surface area contributed by atoms with Gasteiger partial charge in [0.25, 0.3) is 5.56 Å². The van der Waals surface area contributed by atoms with E-state index in [-0.39, 0.29) is 17.5 Å². The van der Waals surface area contributed by atoms with Crippen molar-refractivity contribution in [1.29, 1.82) is 5.26 Å². The van der Waals surface area contributed by atoms with E-state index < -0.39 is 5.56 Å². The van der Waals surface area contributed by atoms with Crippen LogP contribution in [-0.2, 0) is 4.79 Å². The van der Waals surface area contributed by atoms with Crippen molar-refractivity contribution in [3.05, 3.63) is 75.5 Å². The molecule has 7 nitrogen and oxygen atoms in total. The van der Waals surface area contributed by atoms with Gasteiger partial charge in [0.15, 0.2) is 5.16 Å². The number of nitrogen functional groups attached to an aromatic ring is 1. The van der Waals surface area contributed by atoms with Gasteiger partial charge in [-0.15, -0.1) is 0 Å². The van der Waals surface area contributed by atoms with Crippen molar-refractivity contribution in [3.8, 4) is 11.8 Å². The van der Waals surface area contributed by atoms with Crippen LogP contribution in [0.25, 0.3) is 5.69 Å². The molecule has 3 rings (SSSR count). The van der Waals surface area contributed by atoms with Crippen LogP contribution in [0, 0.1) is 11.3 Å². The fraction of sp³-hybridized carbons (Fsp3) is 0.0526. The van der Waals surface area contributed by atoms with E-state index in [4.69, 9.17) is 22.6 Å². The first-order chi connectivity index (χ1) is 13.5. The summed E-state index contributed by atoms with van der Waals surface area (Å²) in [7, 11) is 0. The Labute approximate surface area is 169 Å². The number of hydrogen-bond acceptors (Lipinski definition) is 6. The summed E-state index contributed by atoms with van der Waals surface area (Å²) in [6.45, 7) is 0. The van der Waals surface area contributed by atoms with E-state index in [1.54, 1.807) is 53.1 Å². The Bertz CT molecular complexity index is 1110. The summed E-state index contributed by atoms with van der Waals surface area (Å²) < 4.78 is 1.58. The standard InChI is InChI=1S/C19H14ClN5O2S/c20-13-3-7-15(8-4-13)25-16(22)9-17(26)24-19(25)28-11-18(27)23-14-5-1-12(10-21)2-6-14/h1-9H,11,22H2,(H,23,27). The summed E-state index contributed by atoms with van der Waals surface area (Å²) in [6, 6.07) is 16.6. The Kier molecular flexibility index (Phi) is 5.99. The zero-order valence-electron chi connectivity index (χ0n) is 14.4. The van der Waals surface area contributed by atoms with Gasteiger partial charge in [-0.25, -0.2) is 0 Å². The molecule has 3 N–H and O–H groups in total. The van der Waals surface area contributed by atoms with Crippen molar-refractivity contribution >= 4 is 40.8 Å². The van der Waals surface area contributed by atoms with Crippen molar-refractivity contribution in [2.75, 3.05) is 16.8 Å². The molecular formula is C19H14ClN5O2S. The number of nitriles is 1. The highest BCUT2D eigenvalue weighted by Crippen LogP contribution is 2.23. The molecule has 0 saturated heterocycles. The second kappa shape index (κ2) is 8.61. The lowest BCUT2D eigenvalue weighted by Crippen LogP contribution is -2.19. The number of rotatable bonds is 5. The van der Waals surface area contributed by atoms with E-state index in [0.29, 0.717) is 27.1 Å². The van der Waals surface area contributed by atoms with Crippen molar-refractivity contribution in [1.82, 2.24) is 9.55 Å². The molecule has 0 unspecified atom stereocenters. The number of carbonyl (C=O) groups is 1. The average molecular weight is 412 g/mol. The maximum Gasteiger partial charge on any atom is 0.275 e. The Balaban J connectivity index is 1.78. The van der Waals surface area contributed by atoms with E-state index in [1.165, 1.54) is 6.07 Å². The van der Waals surface area contributed by atoms with Crippen LogP contribution in [0.3, 0.4) is 0 Å². The highest BCUT2D eigenvalue weighted by molar-refractivity contribution is 7.99. The Morgan fingerprint density at radius 1 is 1.21 bits per heavy atom. The lowest BCUT2D eigenvalue weighted by Gasteiger charge is -2.14. The molecule has 0 radical (unpaired) electrons. The second-order valence-electron chi connectivity index (χ2n) is 5.64. The molecule has 0 bridgehead atoms. The number of thioether (sulfide) groups is 1. The lowest BCUT2D eigenvalue weighted by atomic mass is 10.2. The normalized spacial score (nSPS) is 10.3. The van der Waals surface area contributed by atoms with E-state index >= 15 is 0 Å². The zero-order chi connectivity index (χ0) is 20.1. The second-order valence-corrected chi connectivity index (χ2v) is 7.02. The average Bonchev–Trinajstić information content (AvgIpc) is 2.68. The Morgan fingerprint density at radius 3 is 2.54 bits per heavy atom. The van der Waals surface area contributed by atoms with Gasteiger partial charge >= 0.3 is 0 Å². The van der Waals surface area contributed by atoms with Gasteiger partial charge in [-0.2, -0.15) is 10.2 Å². The van der Waals surface area contributed by atoms with Crippen LogP contribution in [0.5, 0.6) is 0 Å². The molecule has 1 heterocycles. The van der Waals surface area contributed by atoms with Gasteiger partial charge in [-0.3, -0.25) is 14.2 Å². The van der Waals surface area contributed by atoms with Crippen molar-refractivity contribution < 1.29 is 4.79 Å². The number of aromatic nitrogens is 2. The van der Waals surface area contributed by atoms with Crippen LogP contribution in [-0.4, -0.2) is 21.2 Å².